The number of rotatable bonds is 4. The molecule has 29 heavy (non-hydrogen) atoms. The van der Waals surface area contributed by atoms with Crippen LogP contribution in [0.3, 0.4) is 0 Å². The SMILES string of the molecule is Cc1cc(-c2nc3ccccc3s2)ccc1NC(=O)[C@H](C)NC(=O)OC(C)(C)C. The van der Waals surface area contributed by atoms with Gasteiger partial charge in [-0.25, -0.2) is 9.78 Å². The van der Waals surface area contributed by atoms with Crippen molar-refractivity contribution in [3.8, 4) is 10.6 Å². The van der Waals surface area contributed by atoms with Crippen LogP contribution in [0.5, 0.6) is 0 Å². The van der Waals surface area contributed by atoms with Crippen molar-refractivity contribution in [3.63, 3.8) is 0 Å². The summed E-state index contributed by atoms with van der Waals surface area (Å²) in [5, 5.41) is 6.34. The quantitative estimate of drug-likeness (QED) is 0.624. The molecule has 0 saturated heterocycles. The highest BCUT2D eigenvalue weighted by molar-refractivity contribution is 7.21. The molecule has 2 N–H and O–H groups in total. The average Bonchev–Trinajstić information content (AvgIpc) is 3.05. The summed E-state index contributed by atoms with van der Waals surface area (Å²) in [6, 6.07) is 13.1. The van der Waals surface area contributed by atoms with Crippen LogP contribution in [0.4, 0.5) is 10.5 Å². The highest BCUT2D eigenvalue weighted by Crippen LogP contribution is 2.31. The van der Waals surface area contributed by atoms with Gasteiger partial charge in [-0.2, -0.15) is 0 Å². The second kappa shape index (κ2) is 8.21. The fourth-order valence-electron chi connectivity index (χ4n) is 2.72. The van der Waals surface area contributed by atoms with Gasteiger partial charge in [-0.15, -0.1) is 11.3 Å². The van der Waals surface area contributed by atoms with Crippen molar-refractivity contribution in [1.82, 2.24) is 10.3 Å². The molecule has 0 aliphatic rings. The Morgan fingerprint density at radius 3 is 2.52 bits per heavy atom. The van der Waals surface area contributed by atoms with Crippen molar-refractivity contribution in [2.24, 2.45) is 0 Å². The summed E-state index contributed by atoms with van der Waals surface area (Å²) in [7, 11) is 0. The fourth-order valence-corrected chi connectivity index (χ4v) is 3.69. The second-order valence-corrected chi connectivity index (χ2v) is 8.90. The number of hydrogen-bond acceptors (Lipinski definition) is 5. The molecule has 0 aliphatic carbocycles. The number of fused-ring (bicyclic) bond motifs is 1. The van der Waals surface area contributed by atoms with Crippen molar-refractivity contribution in [3.05, 3.63) is 48.0 Å². The minimum Gasteiger partial charge on any atom is -0.444 e. The molecule has 3 aromatic rings. The van der Waals surface area contributed by atoms with Crippen molar-refractivity contribution in [2.75, 3.05) is 5.32 Å². The summed E-state index contributed by atoms with van der Waals surface area (Å²) < 4.78 is 6.32. The van der Waals surface area contributed by atoms with Crippen LogP contribution < -0.4 is 10.6 Å². The van der Waals surface area contributed by atoms with Gasteiger partial charge in [0.2, 0.25) is 5.91 Å². The maximum Gasteiger partial charge on any atom is 0.408 e. The number of amides is 2. The summed E-state index contributed by atoms with van der Waals surface area (Å²) in [4.78, 5) is 29.0. The number of nitrogens with one attached hydrogen (secondary N) is 2. The van der Waals surface area contributed by atoms with E-state index in [0.717, 1.165) is 26.4 Å². The molecule has 3 rings (SSSR count). The van der Waals surface area contributed by atoms with Crippen LogP contribution in [-0.2, 0) is 9.53 Å². The normalized spacial score (nSPS) is 12.4. The molecular weight excluding hydrogens is 386 g/mol. The van der Waals surface area contributed by atoms with E-state index in [0.29, 0.717) is 5.69 Å². The number of benzene rings is 2. The summed E-state index contributed by atoms with van der Waals surface area (Å²) in [5.74, 6) is -0.313. The molecule has 1 heterocycles. The van der Waals surface area contributed by atoms with Gasteiger partial charge >= 0.3 is 6.09 Å². The number of anilines is 1. The fraction of sp³-hybridized carbons (Fsp3) is 0.318. The van der Waals surface area contributed by atoms with Gasteiger partial charge in [0.25, 0.3) is 0 Å². The van der Waals surface area contributed by atoms with Gasteiger partial charge in [0.05, 0.1) is 10.2 Å². The van der Waals surface area contributed by atoms with Crippen molar-refractivity contribution in [1.29, 1.82) is 0 Å². The van der Waals surface area contributed by atoms with E-state index in [1.54, 1.807) is 39.0 Å². The topological polar surface area (TPSA) is 80.3 Å². The summed E-state index contributed by atoms with van der Waals surface area (Å²) in [6.07, 6.45) is -0.622. The minimum atomic E-state index is -0.729. The molecule has 0 unspecified atom stereocenters. The van der Waals surface area contributed by atoms with Gasteiger partial charge in [0.15, 0.2) is 0 Å². The zero-order valence-corrected chi connectivity index (χ0v) is 18.0. The van der Waals surface area contributed by atoms with E-state index in [2.05, 4.69) is 21.7 Å². The van der Waals surface area contributed by atoms with Crippen LogP contribution in [0.2, 0.25) is 0 Å². The molecule has 7 heteroatoms. The Kier molecular flexibility index (Phi) is 5.88. The van der Waals surface area contributed by atoms with Gasteiger partial charge in [-0.3, -0.25) is 4.79 Å². The van der Waals surface area contributed by atoms with E-state index in [1.807, 2.05) is 43.3 Å². The Bertz CT molecular complexity index is 1020. The lowest BCUT2D eigenvalue weighted by Gasteiger charge is -2.22. The van der Waals surface area contributed by atoms with E-state index in [1.165, 1.54) is 0 Å². The number of ether oxygens (including phenoxy) is 1. The molecule has 1 aromatic heterocycles. The third-order valence-electron chi connectivity index (χ3n) is 4.15. The van der Waals surface area contributed by atoms with E-state index < -0.39 is 17.7 Å². The Hall–Kier alpha value is -2.93. The number of thiazole rings is 1. The number of nitrogens with zero attached hydrogens (tertiary/aromatic N) is 1. The maximum absolute atomic E-state index is 12.4. The molecule has 0 aliphatic heterocycles. The number of hydrogen-bond donors (Lipinski definition) is 2. The van der Waals surface area contributed by atoms with E-state index in [9.17, 15) is 9.59 Å². The van der Waals surface area contributed by atoms with E-state index in [-0.39, 0.29) is 5.91 Å². The lowest BCUT2D eigenvalue weighted by Crippen LogP contribution is -2.44. The molecule has 0 radical (unpaired) electrons. The molecule has 0 spiro atoms. The molecular formula is C22H25N3O3S. The minimum absolute atomic E-state index is 0.313. The molecule has 0 bridgehead atoms. The first-order valence-electron chi connectivity index (χ1n) is 9.39. The monoisotopic (exact) mass is 411 g/mol. The number of aromatic nitrogens is 1. The number of carbonyl (C=O) groups excluding carboxylic acids is 2. The smallest absolute Gasteiger partial charge is 0.408 e. The van der Waals surface area contributed by atoms with Crippen molar-refractivity contribution in [2.45, 2.75) is 46.3 Å². The third kappa shape index (κ3) is 5.32. The van der Waals surface area contributed by atoms with Gasteiger partial charge in [0, 0.05) is 11.3 Å². The lowest BCUT2D eigenvalue weighted by atomic mass is 10.1. The molecule has 152 valence electrons. The zero-order valence-electron chi connectivity index (χ0n) is 17.2. The van der Waals surface area contributed by atoms with Crippen LogP contribution in [0, 0.1) is 6.92 Å². The Balaban J connectivity index is 1.68. The Morgan fingerprint density at radius 2 is 1.86 bits per heavy atom. The molecule has 2 aromatic carbocycles. The predicted octanol–water partition coefficient (Wildman–Crippen LogP) is 5.12. The number of para-hydroxylation sites is 1. The molecule has 1 atom stereocenters. The first-order valence-corrected chi connectivity index (χ1v) is 10.2. The summed E-state index contributed by atoms with van der Waals surface area (Å²) in [6.45, 7) is 8.86. The van der Waals surface area contributed by atoms with Crippen LogP contribution in [0.1, 0.15) is 33.3 Å². The molecule has 0 fully saturated rings. The lowest BCUT2D eigenvalue weighted by molar-refractivity contribution is -0.117. The largest absolute Gasteiger partial charge is 0.444 e. The van der Waals surface area contributed by atoms with Crippen molar-refractivity contribution < 1.29 is 14.3 Å². The number of carbonyl (C=O) groups is 2. The Morgan fingerprint density at radius 1 is 1.14 bits per heavy atom. The van der Waals surface area contributed by atoms with Crippen LogP contribution in [-0.4, -0.2) is 28.6 Å². The van der Waals surface area contributed by atoms with Gasteiger partial charge in [0.1, 0.15) is 16.7 Å². The number of aryl methyl sites for hydroxylation is 1. The maximum atomic E-state index is 12.4. The first kappa shape index (κ1) is 20.8. The summed E-state index contributed by atoms with van der Waals surface area (Å²) >= 11 is 1.64. The van der Waals surface area contributed by atoms with E-state index >= 15 is 0 Å². The zero-order chi connectivity index (χ0) is 21.2. The standard InChI is InChI=1S/C22H25N3O3S/c1-13-12-15(20-25-17-8-6-7-9-18(17)29-20)10-11-16(13)24-19(26)14(2)23-21(27)28-22(3,4)5/h6-12,14H,1-5H3,(H,23,27)(H,24,26)/t14-/m0/s1. The molecule has 0 saturated carbocycles. The predicted molar refractivity (Wildman–Crippen MR) is 117 cm³/mol. The van der Waals surface area contributed by atoms with E-state index in [4.69, 9.17) is 4.74 Å². The van der Waals surface area contributed by atoms with Gasteiger partial charge in [-0.05, 0) is 70.5 Å². The van der Waals surface area contributed by atoms with Gasteiger partial charge < -0.3 is 15.4 Å². The second-order valence-electron chi connectivity index (χ2n) is 7.87. The van der Waals surface area contributed by atoms with Gasteiger partial charge in [-0.1, -0.05) is 12.1 Å². The highest BCUT2D eigenvalue weighted by atomic mass is 32.1. The van der Waals surface area contributed by atoms with Crippen LogP contribution >= 0.6 is 11.3 Å². The number of alkyl carbamates (subject to hydrolysis) is 1. The first-order chi connectivity index (χ1) is 13.6. The van der Waals surface area contributed by atoms with Crippen molar-refractivity contribution >= 4 is 39.2 Å². The summed E-state index contributed by atoms with van der Waals surface area (Å²) in [5.41, 5.74) is 2.97. The van der Waals surface area contributed by atoms with Crippen LogP contribution in [0.25, 0.3) is 20.8 Å². The Labute approximate surface area is 174 Å². The average molecular weight is 412 g/mol. The molecule has 6 nitrogen and oxygen atoms in total. The van der Waals surface area contributed by atoms with Crippen LogP contribution in [0.15, 0.2) is 42.5 Å². The molecule has 2 amide bonds. The third-order valence-corrected chi connectivity index (χ3v) is 5.24. The highest BCUT2D eigenvalue weighted by Gasteiger charge is 2.21.